The van der Waals surface area contributed by atoms with Gasteiger partial charge >= 0.3 is 0 Å². The van der Waals surface area contributed by atoms with Crippen LogP contribution in [0.3, 0.4) is 0 Å². The van der Waals surface area contributed by atoms with Gasteiger partial charge < -0.3 is 15.4 Å². The lowest BCUT2D eigenvalue weighted by molar-refractivity contribution is -0.118. The lowest BCUT2D eigenvalue weighted by Gasteiger charge is -2.52. The van der Waals surface area contributed by atoms with E-state index in [-0.39, 0.29) is 17.7 Å². The molecule has 1 aliphatic rings. The standard InChI is InChI=1S/C22H25N2O3/c1-13-19-17(21(23)26)7-6-8-18(19)24(14(2)25)22(3,4)20(13)15-9-11-16(27-5)12-10-15/h6,8-13,20H,1-5H3,(H2,23,26). The number of hydrogen-bond donors (Lipinski definition) is 1. The summed E-state index contributed by atoms with van der Waals surface area (Å²) in [6.45, 7) is 7.74. The summed E-state index contributed by atoms with van der Waals surface area (Å²) < 4.78 is 5.27. The Hall–Kier alpha value is -2.82. The molecule has 2 amide bonds. The van der Waals surface area contributed by atoms with Gasteiger partial charge in [-0.25, -0.2) is 0 Å². The van der Waals surface area contributed by atoms with Crippen molar-refractivity contribution in [2.45, 2.75) is 45.1 Å². The molecular formula is C22H25N2O3. The smallest absolute Gasteiger partial charge is 0.249 e. The van der Waals surface area contributed by atoms with Gasteiger partial charge in [-0.05, 0) is 55.2 Å². The van der Waals surface area contributed by atoms with Crippen LogP contribution in [0.1, 0.15) is 61.0 Å². The zero-order valence-electron chi connectivity index (χ0n) is 16.4. The molecular weight excluding hydrogens is 340 g/mol. The first-order valence-electron chi connectivity index (χ1n) is 8.99. The van der Waals surface area contributed by atoms with E-state index in [2.05, 4.69) is 26.8 Å². The number of nitrogens with two attached hydrogens (primary N) is 1. The van der Waals surface area contributed by atoms with Crippen LogP contribution in [0.4, 0.5) is 5.69 Å². The van der Waals surface area contributed by atoms with Crippen molar-refractivity contribution in [1.82, 2.24) is 0 Å². The van der Waals surface area contributed by atoms with Crippen LogP contribution in [0.25, 0.3) is 0 Å². The zero-order valence-corrected chi connectivity index (χ0v) is 16.4. The predicted molar refractivity (Wildman–Crippen MR) is 105 cm³/mol. The number of amides is 2. The molecule has 0 aromatic heterocycles. The van der Waals surface area contributed by atoms with Crippen molar-refractivity contribution in [1.29, 1.82) is 0 Å². The number of hydrogen-bond acceptors (Lipinski definition) is 3. The molecule has 3 rings (SSSR count). The second-order valence-corrected chi connectivity index (χ2v) is 7.56. The molecule has 0 fully saturated rings. The molecule has 0 spiro atoms. The van der Waals surface area contributed by atoms with E-state index in [0.717, 1.165) is 22.6 Å². The fourth-order valence-corrected chi connectivity index (χ4v) is 4.67. The van der Waals surface area contributed by atoms with E-state index in [1.54, 1.807) is 25.0 Å². The molecule has 2 atom stereocenters. The minimum atomic E-state index is -0.532. The maximum Gasteiger partial charge on any atom is 0.249 e. The van der Waals surface area contributed by atoms with E-state index < -0.39 is 11.4 Å². The Balaban J connectivity index is 2.26. The van der Waals surface area contributed by atoms with Crippen molar-refractivity contribution in [3.8, 4) is 5.75 Å². The summed E-state index contributed by atoms with van der Waals surface area (Å²) in [5, 5.41) is 0. The van der Waals surface area contributed by atoms with Crippen molar-refractivity contribution in [3.63, 3.8) is 0 Å². The predicted octanol–water partition coefficient (Wildman–Crippen LogP) is 3.63. The van der Waals surface area contributed by atoms with Gasteiger partial charge in [-0.2, -0.15) is 0 Å². The van der Waals surface area contributed by atoms with Crippen LogP contribution < -0.4 is 15.4 Å². The average Bonchev–Trinajstić information content (AvgIpc) is 2.60. The highest BCUT2D eigenvalue weighted by molar-refractivity contribution is 6.00. The van der Waals surface area contributed by atoms with E-state index >= 15 is 0 Å². The number of ether oxygens (including phenoxy) is 1. The zero-order chi connectivity index (χ0) is 19.9. The largest absolute Gasteiger partial charge is 0.497 e. The SMILES string of the molecule is COc1ccc(C2C(C)c3c(C(N)=O)[c]ccc3N(C(C)=O)C2(C)C)cc1. The van der Waals surface area contributed by atoms with Gasteiger partial charge in [-0.15, -0.1) is 0 Å². The summed E-state index contributed by atoms with van der Waals surface area (Å²) in [5.74, 6) is 0.103. The summed E-state index contributed by atoms with van der Waals surface area (Å²) in [6, 6.07) is 14.3. The van der Waals surface area contributed by atoms with Gasteiger partial charge in [0.05, 0.1) is 12.7 Å². The number of methoxy groups -OCH3 is 1. The minimum Gasteiger partial charge on any atom is -0.497 e. The van der Waals surface area contributed by atoms with E-state index in [0.29, 0.717) is 5.56 Å². The quantitative estimate of drug-likeness (QED) is 0.903. The Bertz CT molecular complexity index is 887. The first kappa shape index (κ1) is 19.0. The van der Waals surface area contributed by atoms with Crippen LogP contribution in [0, 0.1) is 6.07 Å². The van der Waals surface area contributed by atoms with Crippen molar-refractivity contribution >= 4 is 17.5 Å². The number of fused-ring (bicyclic) bond motifs is 1. The van der Waals surface area contributed by atoms with Crippen LogP contribution in [-0.2, 0) is 4.79 Å². The Kier molecular flexibility index (Phi) is 4.72. The molecule has 0 saturated carbocycles. The van der Waals surface area contributed by atoms with Gasteiger partial charge in [-0.3, -0.25) is 9.59 Å². The molecule has 1 radical (unpaired) electrons. The molecule has 5 nitrogen and oxygen atoms in total. The lowest BCUT2D eigenvalue weighted by atomic mass is 9.66. The summed E-state index contributed by atoms with van der Waals surface area (Å²) >= 11 is 0. The highest BCUT2D eigenvalue weighted by Crippen LogP contribution is 2.53. The minimum absolute atomic E-state index is 0.0288. The van der Waals surface area contributed by atoms with Crippen molar-refractivity contribution in [3.05, 3.63) is 59.2 Å². The van der Waals surface area contributed by atoms with Gasteiger partial charge in [0.1, 0.15) is 5.75 Å². The van der Waals surface area contributed by atoms with E-state index in [1.807, 2.05) is 30.3 Å². The van der Waals surface area contributed by atoms with Crippen LogP contribution >= 0.6 is 0 Å². The second kappa shape index (κ2) is 6.72. The molecule has 0 bridgehead atoms. The Morgan fingerprint density at radius 1 is 1.19 bits per heavy atom. The van der Waals surface area contributed by atoms with Crippen molar-refractivity contribution in [2.24, 2.45) is 5.73 Å². The molecule has 1 heterocycles. The lowest BCUT2D eigenvalue weighted by Crippen LogP contribution is -2.55. The highest BCUT2D eigenvalue weighted by atomic mass is 16.5. The maximum atomic E-state index is 12.6. The Morgan fingerprint density at radius 2 is 1.81 bits per heavy atom. The maximum absolute atomic E-state index is 12.6. The average molecular weight is 365 g/mol. The molecule has 2 aromatic rings. The first-order valence-corrected chi connectivity index (χ1v) is 8.99. The number of anilines is 1. The molecule has 2 aromatic carbocycles. The fraction of sp³-hybridized carbons (Fsp3) is 0.364. The molecule has 2 unspecified atom stereocenters. The van der Waals surface area contributed by atoms with Crippen molar-refractivity contribution in [2.75, 3.05) is 12.0 Å². The van der Waals surface area contributed by atoms with Gasteiger partial charge in [0.15, 0.2) is 0 Å². The molecule has 141 valence electrons. The number of carbonyl (C=O) groups excluding carboxylic acids is 2. The van der Waals surface area contributed by atoms with Gasteiger partial charge in [0.25, 0.3) is 0 Å². The first-order chi connectivity index (χ1) is 12.7. The third-order valence-electron chi connectivity index (χ3n) is 5.58. The number of primary amides is 1. The number of benzene rings is 2. The molecule has 0 saturated heterocycles. The molecule has 27 heavy (non-hydrogen) atoms. The molecule has 2 N–H and O–H groups in total. The number of nitrogens with zero attached hydrogens (tertiary/aromatic N) is 1. The van der Waals surface area contributed by atoms with Gasteiger partial charge in [0, 0.05) is 24.1 Å². The van der Waals surface area contributed by atoms with E-state index in [9.17, 15) is 9.59 Å². The summed E-state index contributed by atoms with van der Waals surface area (Å²) in [4.78, 5) is 26.5. The number of rotatable bonds is 3. The highest BCUT2D eigenvalue weighted by Gasteiger charge is 2.48. The topological polar surface area (TPSA) is 72.6 Å². The third-order valence-corrected chi connectivity index (χ3v) is 5.58. The summed E-state index contributed by atoms with van der Waals surface area (Å²) in [7, 11) is 1.63. The van der Waals surface area contributed by atoms with Crippen LogP contribution in [0.15, 0.2) is 36.4 Å². The fourth-order valence-electron chi connectivity index (χ4n) is 4.67. The van der Waals surface area contributed by atoms with Gasteiger partial charge in [0.2, 0.25) is 11.8 Å². The van der Waals surface area contributed by atoms with Crippen LogP contribution in [0.5, 0.6) is 5.75 Å². The summed E-state index contributed by atoms with van der Waals surface area (Å²) in [6.07, 6.45) is 0. The van der Waals surface area contributed by atoms with E-state index in [4.69, 9.17) is 10.5 Å². The van der Waals surface area contributed by atoms with Crippen LogP contribution in [-0.4, -0.2) is 24.5 Å². The Morgan fingerprint density at radius 3 is 2.33 bits per heavy atom. The second-order valence-electron chi connectivity index (χ2n) is 7.56. The third kappa shape index (κ3) is 2.97. The van der Waals surface area contributed by atoms with Crippen molar-refractivity contribution < 1.29 is 14.3 Å². The molecule has 1 aliphatic heterocycles. The van der Waals surface area contributed by atoms with Gasteiger partial charge in [-0.1, -0.05) is 25.1 Å². The monoisotopic (exact) mass is 365 g/mol. The van der Waals surface area contributed by atoms with Crippen LogP contribution in [0.2, 0.25) is 0 Å². The normalized spacial score (nSPS) is 20.7. The Labute approximate surface area is 160 Å². The molecule has 0 aliphatic carbocycles. The number of carbonyl (C=O) groups is 2. The molecule has 5 heteroatoms. The van der Waals surface area contributed by atoms with E-state index in [1.165, 1.54) is 0 Å². The summed E-state index contributed by atoms with van der Waals surface area (Å²) in [5.41, 5.74) is 8.06.